The van der Waals surface area contributed by atoms with Gasteiger partial charge >= 0.3 is 0 Å². The molecule has 1 fully saturated rings. The highest BCUT2D eigenvalue weighted by Gasteiger charge is 2.37. The minimum Gasteiger partial charge on any atom is -0.326 e. The van der Waals surface area contributed by atoms with Crippen molar-refractivity contribution in [2.75, 3.05) is 0 Å². The van der Waals surface area contributed by atoms with E-state index < -0.39 is 0 Å². The molecule has 0 radical (unpaired) electrons. The molecule has 4 rings (SSSR count). The Morgan fingerprint density at radius 3 is 2.95 bits per heavy atom. The predicted molar refractivity (Wildman–Crippen MR) is 78.5 cm³/mol. The van der Waals surface area contributed by atoms with Crippen LogP contribution in [0.4, 0.5) is 5.00 Å². The van der Waals surface area contributed by atoms with Crippen molar-refractivity contribution in [3.63, 3.8) is 0 Å². The molecule has 2 aliphatic heterocycles. The van der Waals surface area contributed by atoms with E-state index in [9.17, 15) is 4.79 Å². The third-order valence-electron chi connectivity index (χ3n) is 4.15. The van der Waals surface area contributed by atoms with E-state index >= 15 is 0 Å². The molecule has 1 atom stereocenters. The molecule has 1 N–H and O–H groups in total. The fourth-order valence-electron chi connectivity index (χ4n) is 3.05. The lowest BCUT2D eigenvalue weighted by atomic mass is 9.95. The van der Waals surface area contributed by atoms with Crippen LogP contribution < -0.4 is 5.32 Å². The molecular weight excluding hydrogens is 282 g/mol. The molecular formula is C13H16ClN3OS. The van der Waals surface area contributed by atoms with Crippen LogP contribution in [-0.4, -0.2) is 22.8 Å². The first-order valence-corrected chi connectivity index (χ1v) is 7.35. The fraction of sp³-hybridized carbons (Fsp3) is 0.538. The minimum absolute atomic E-state index is 0. The van der Waals surface area contributed by atoms with E-state index in [1.165, 1.54) is 41.7 Å². The van der Waals surface area contributed by atoms with E-state index in [0.717, 1.165) is 17.5 Å². The number of nitrogens with zero attached hydrogens (tertiary/aromatic N) is 2. The third-order valence-corrected chi connectivity index (χ3v) is 5.38. The Kier molecular flexibility index (Phi) is 3.06. The normalized spacial score (nSPS) is 23.8. The Labute approximate surface area is 122 Å². The van der Waals surface area contributed by atoms with Crippen LogP contribution in [0.2, 0.25) is 0 Å². The van der Waals surface area contributed by atoms with Gasteiger partial charge in [0.05, 0.1) is 0 Å². The smallest absolute Gasteiger partial charge is 0.249 e. The second kappa shape index (κ2) is 4.49. The first-order valence-electron chi connectivity index (χ1n) is 6.53. The van der Waals surface area contributed by atoms with Crippen molar-refractivity contribution in [1.82, 2.24) is 10.2 Å². The van der Waals surface area contributed by atoms with Crippen LogP contribution in [0.3, 0.4) is 0 Å². The maximum atomic E-state index is 11.7. The molecule has 0 saturated carbocycles. The van der Waals surface area contributed by atoms with E-state index in [2.05, 4.69) is 15.2 Å². The van der Waals surface area contributed by atoms with E-state index in [4.69, 9.17) is 0 Å². The number of guanidine groups is 1. The van der Waals surface area contributed by atoms with Crippen LogP contribution in [-0.2, 0) is 24.2 Å². The first kappa shape index (κ1) is 12.9. The number of carbonyl (C=O) groups is 1. The molecule has 102 valence electrons. The summed E-state index contributed by atoms with van der Waals surface area (Å²) in [5.41, 5.74) is 2.90. The number of amides is 1. The fourth-order valence-corrected chi connectivity index (χ4v) is 4.32. The summed E-state index contributed by atoms with van der Waals surface area (Å²) < 4.78 is 0. The number of thiophene rings is 1. The summed E-state index contributed by atoms with van der Waals surface area (Å²) in [5.74, 6) is 0.816. The molecule has 1 aromatic heterocycles. The number of carbonyl (C=O) groups excluding carboxylic acids is 1. The number of nitrogens with one attached hydrogen (secondary N) is 1. The molecule has 6 heteroatoms. The molecule has 1 unspecified atom stereocenters. The van der Waals surface area contributed by atoms with Crippen molar-refractivity contribution in [3.05, 3.63) is 16.0 Å². The lowest BCUT2D eigenvalue weighted by Crippen LogP contribution is -2.35. The summed E-state index contributed by atoms with van der Waals surface area (Å²) in [6.07, 6.45) is 4.99. The van der Waals surface area contributed by atoms with Crippen molar-refractivity contribution in [2.45, 2.75) is 45.2 Å². The molecule has 19 heavy (non-hydrogen) atoms. The van der Waals surface area contributed by atoms with Gasteiger partial charge in [0.2, 0.25) is 11.9 Å². The van der Waals surface area contributed by atoms with Crippen molar-refractivity contribution >= 4 is 40.6 Å². The lowest BCUT2D eigenvalue weighted by molar-refractivity contribution is -0.121. The Balaban J connectivity index is 0.00000110. The summed E-state index contributed by atoms with van der Waals surface area (Å²) >= 11 is 1.82. The SMILES string of the molecule is CC1C(=O)NC2=Nc3sc4c(c3CN21)CCCC4.Cl. The largest absolute Gasteiger partial charge is 0.326 e. The third kappa shape index (κ3) is 1.79. The second-order valence-corrected chi connectivity index (χ2v) is 6.31. The van der Waals surface area contributed by atoms with E-state index in [0.29, 0.717) is 0 Å². The molecule has 1 saturated heterocycles. The number of rotatable bonds is 0. The standard InChI is InChI=1S/C13H15N3OS.ClH/c1-7-11(17)14-13-15-12-9(6-16(7)13)8-4-2-3-5-10(8)18-12;/h7H,2-6H2,1H3,(H,14,15,17);1H. The van der Waals surface area contributed by atoms with Gasteiger partial charge in [-0.15, -0.1) is 23.7 Å². The zero-order chi connectivity index (χ0) is 12.3. The van der Waals surface area contributed by atoms with Gasteiger partial charge in [-0.1, -0.05) is 0 Å². The minimum atomic E-state index is -0.0870. The molecule has 1 aliphatic carbocycles. The maximum Gasteiger partial charge on any atom is 0.249 e. The molecule has 0 bridgehead atoms. The first-order chi connectivity index (χ1) is 8.74. The predicted octanol–water partition coefficient (Wildman–Crippen LogP) is 2.37. The average molecular weight is 298 g/mol. The topological polar surface area (TPSA) is 44.7 Å². The number of fused-ring (bicyclic) bond motifs is 4. The van der Waals surface area contributed by atoms with Crippen LogP contribution in [0.5, 0.6) is 0 Å². The Morgan fingerprint density at radius 1 is 1.32 bits per heavy atom. The monoisotopic (exact) mass is 297 g/mol. The summed E-state index contributed by atoms with van der Waals surface area (Å²) in [5, 5.41) is 4.00. The number of hydrogen-bond acceptors (Lipinski definition) is 4. The molecule has 4 nitrogen and oxygen atoms in total. The number of aliphatic imine (C=N–C) groups is 1. The Hall–Kier alpha value is -1.07. The maximum absolute atomic E-state index is 11.7. The van der Waals surface area contributed by atoms with Gasteiger partial charge in [0.25, 0.3) is 0 Å². The Morgan fingerprint density at radius 2 is 2.11 bits per heavy atom. The molecule has 3 heterocycles. The quantitative estimate of drug-likeness (QED) is 0.799. The van der Waals surface area contributed by atoms with Crippen molar-refractivity contribution in [1.29, 1.82) is 0 Å². The molecule has 0 spiro atoms. The van der Waals surface area contributed by atoms with E-state index in [1.54, 1.807) is 0 Å². The Bertz CT molecular complexity index is 581. The van der Waals surface area contributed by atoms with Gasteiger partial charge in [-0.3, -0.25) is 10.1 Å². The van der Waals surface area contributed by atoms with Gasteiger partial charge in [-0.05, 0) is 38.2 Å². The van der Waals surface area contributed by atoms with Crippen LogP contribution in [0.1, 0.15) is 35.8 Å². The zero-order valence-electron chi connectivity index (χ0n) is 10.7. The highest BCUT2D eigenvalue weighted by molar-refractivity contribution is 7.16. The van der Waals surface area contributed by atoms with E-state index in [1.807, 2.05) is 18.3 Å². The molecule has 0 aromatic carbocycles. The number of hydrogen-bond donors (Lipinski definition) is 1. The van der Waals surface area contributed by atoms with Gasteiger partial charge < -0.3 is 4.90 Å². The van der Waals surface area contributed by atoms with Gasteiger partial charge in [0, 0.05) is 17.0 Å². The molecule has 1 amide bonds. The summed E-state index contributed by atoms with van der Waals surface area (Å²) in [4.78, 5) is 19.9. The van der Waals surface area contributed by atoms with Gasteiger partial charge in [0.15, 0.2) is 0 Å². The van der Waals surface area contributed by atoms with Crippen LogP contribution in [0, 0.1) is 0 Å². The molecule has 3 aliphatic rings. The van der Waals surface area contributed by atoms with Crippen LogP contribution in [0.25, 0.3) is 0 Å². The van der Waals surface area contributed by atoms with Crippen LogP contribution >= 0.6 is 23.7 Å². The summed E-state index contributed by atoms with van der Waals surface area (Å²) in [6, 6.07) is -0.0870. The molecule has 1 aromatic rings. The van der Waals surface area contributed by atoms with Gasteiger partial charge in [0.1, 0.15) is 11.0 Å². The van der Waals surface area contributed by atoms with Crippen LogP contribution in [0.15, 0.2) is 4.99 Å². The van der Waals surface area contributed by atoms with E-state index in [-0.39, 0.29) is 24.4 Å². The lowest BCUT2D eigenvalue weighted by Gasteiger charge is -2.25. The summed E-state index contributed by atoms with van der Waals surface area (Å²) in [7, 11) is 0. The van der Waals surface area contributed by atoms with Crippen molar-refractivity contribution in [2.24, 2.45) is 4.99 Å². The van der Waals surface area contributed by atoms with Crippen molar-refractivity contribution in [3.8, 4) is 0 Å². The second-order valence-electron chi connectivity index (χ2n) is 5.22. The van der Waals surface area contributed by atoms with Gasteiger partial charge in [-0.25, -0.2) is 4.99 Å². The number of aryl methyl sites for hydroxylation is 1. The number of halogens is 1. The highest BCUT2D eigenvalue weighted by atomic mass is 35.5. The average Bonchev–Trinajstić information content (AvgIpc) is 2.86. The zero-order valence-corrected chi connectivity index (χ0v) is 12.4. The van der Waals surface area contributed by atoms with Gasteiger partial charge in [-0.2, -0.15) is 0 Å². The summed E-state index contributed by atoms with van der Waals surface area (Å²) in [6.45, 7) is 2.79. The highest BCUT2D eigenvalue weighted by Crippen LogP contribution is 2.43. The van der Waals surface area contributed by atoms with Crippen molar-refractivity contribution < 1.29 is 4.79 Å².